The number of likely N-dealkylation sites (tertiary alicyclic amines) is 1. The first-order valence-electron chi connectivity index (χ1n) is 13.3. The lowest BCUT2D eigenvalue weighted by molar-refractivity contribution is -0.136. The first kappa shape index (κ1) is 26.4. The number of nitrogens with zero attached hydrogens (tertiary/aromatic N) is 1. The number of rotatable bonds is 6. The summed E-state index contributed by atoms with van der Waals surface area (Å²) in [6.45, 7) is 11.6. The van der Waals surface area contributed by atoms with Crippen LogP contribution in [0.15, 0.2) is 54.6 Å². The molecule has 1 aliphatic heterocycles. The molecule has 3 aromatic rings. The molecule has 2 unspecified atom stereocenters. The number of benzene rings is 2. The molecule has 0 radical (unpaired) electrons. The molecule has 0 bridgehead atoms. The maximum atomic E-state index is 14.1. The highest BCUT2D eigenvalue weighted by atomic mass is 32.1. The molecule has 2 heterocycles. The number of carbonyl (C=O) groups is 2. The Morgan fingerprint density at radius 1 is 1.03 bits per heavy atom. The van der Waals surface area contributed by atoms with E-state index < -0.39 is 6.04 Å². The lowest BCUT2D eigenvalue weighted by atomic mass is 9.86. The van der Waals surface area contributed by atoms with Crippen molar-refractivity contribution in [3.8, 4) is 0 Å². The van der Waals surface area contributed by atoms with Gasteiger partial charge in [0.25, 0.3) is 5.91 Å². The minimum Gasteiger partial charge on any atom is -0.340 e. The zero-order valence-corrected chi connectivity index (χ0v) is 23.2. The van der Waals surface area contributed by atoms with E-state index in [1.807, 2.05) is 30.3 Å². The molecule has 4 rings (SSSR count). The molecule has 5 heteroatoms. The molecule has 1 aliphatic rings. The monoisotopic (exact) mass is 504 g/mol. The zero-order valence-electron chi connectivity index (χ0n) is 22.3. The summed E-state index contributed by atoms with van der Waals surface area (Å²) in [7, 11) is 0. The number of hydrogen-bond acceptors (Lipinski definition) is 3. The largest absolute Gasteiger partial charge is 0.340 e. The van der Waals surface area contributed by atoms with Crippen molar-refractivity contribution in [3.05, 3.63) is 70.6 Å². The van der Waals surface area contributed by atoms with E-state index in [9.17, 15) is 9.59 Å². The first-order chi connectivity index (χ1) is 17.1. The van der Waals surface area contributed by atoms with Crippen LogP contribution in [-0.4, -0.2) is 29.3 Å². The normalized spacial score (nSPS) is 17.7. The van der Waals surface area contributed by atoms with E-state index in [1.165, 1.54) is 22.5 Å². The van der Waals surface area contributed by atoms with Gasteiger partial charge in [-0.05, 0) is 59.2 Å². The molecule has 192 valence electrons. The molecular formula is C31H40N2O2S. The second kappa shape index (κ2) is 11.2. The highest BCUT2D eigenvalue weighted by molar-refractivity contribution is 7.20. The lowest BCUT2D eigenvalue weighted by Crippen LogP contribution is -2.50. The molecule has 1 aromatic heterocycles. The molecule has 0 aliphatic carbocycles. The fourth-order valence-corrected chi connectivity index (χ4v) is 6.11. The molecule has 2 amide bonds. The Kier molecular flexibility index (Phi) is 8.19. The summed E-state index contributed by atoms with van der Waals surface area (Å²) in [5, 5.41) is 4.19. The van der Waals surface area contributed by atoms with Crippen molar-refractivity contribution in [1.82, 2.24) is 10.2 Å². The van der Waals surface area contributed by atoms with Crippen molar-refractivity contribution in [3.63, 3.8) is 0 Å². The quantitative estimate of drug-likeness (QED) is 0.378. The predicted molar refractivity (Wildman–Crippen MR) is 151 cm³/mol. The van der Waals surface area contributed by atoms with Gasteiger partial charge in [0.1, 0.15) is 6.04 Å². The average Bonchev–Trinajstić information content (AvgIpc) is 3.12. The van der Waals surface area contributed by atoms with Crippen LogP contribution in [0, 0.1) is 5.92 Å². The van der Waals surface area contributed by atoms with E-state index in [2.05, 4.69) is 69.1 Å². The predicted octanol–water partition coefficient (Wildman–Crippen LogP) is 7.49. The van der Waals surface area contributed by atoms with Crippen LogP contribution in [0.3, 0.4) is 0 Å². The summed E-state index contributed by atoms with van der Waals surface area (Å²) in [6.07, 6.45) is 4.82. The van der Waals surface area contributed by atoms with Gasteiger partial charge in [0.15, 0.2) is 0 Å². The zero-order chi connectivity index (χ0) is 25.9. The van der Waals surface area contributed by atoms with Gasteiger partial charge in [-0.2, -0.15) is 0 Å². The lowest BCUT2D eigenvalue weighted by Gasteiger charge is -2.34. The van der Waals surface area contributed by atoms with Crippen molar-refractivity contribution in [1.29, 1.82) is 0 Å². The summed E-state index contributed by atoms with van der Waals surface area (Å²) >= 11 is 1.48. The van der Waals surface area contributed by atoms with Crippen molar-refractivity contribution < 1.29 is 9.59 Å². The number of thiophene rings is 1. The van der Waals surface area contributed by atoms with Crippen LogP contribution in [0.1, 0.15) is 93.6 Å². The van der Waals surface area contributed by atoms with Crippen molar-refractivity contribution in [2.45, 2.75) is 84.2 Å². The van der Waals surface area contributed by atoms with Crippen LogP contribution in [0.25, 0.3) is 10.1 Å². The Morgan fingerprint density at radius 2 is 1.75 bits per heavy atom. The van der Waals surface area contributed by atoms with E-state index in [1.54, 1.807) is 0 Å². The number of nitrogens with one attached hydrogen (secondary N) is 1. The fraction of sp³-hybridized carbons (Fsp3) is 0.484. The minimum atomic E-state index is -0.530. The van der Waals surface area contributed by atoms with Gasteiger partial charge in [-0.3, -0.25) is 9.59 Å². The van der Waals surface area contributed by atoms with Crippen LogP contribution < -0.4 is 5.32 Å². The number of amides is 2. The average molecular weight is 505 g/mol. The van der Waals surface area contributed by atoms with Crippen molar-refractivity contribution in [2.24, 2.45) is 5.92 Å². The highest BCUT2D eigenvalue weighted by Crippen LogP contribution is 2.33. The molecule has 2 aromatic carbocycles. The first-order valence-corrected chi connectivity index (χ1v) is 14.2. The third-order valence-electron chi connectivity index (χ3n) is 7.16. The van der Waals surface area contributed by atoms with E-state index in [0.29, 0.717) is 11.3 Å². The van der Waals surface area contributed by atoms with Crippen LogP contribution >= 0.6 is 11.3 Å². The molecule has 0 spiro atoms. The SMILES string of the molecule is CC(C)CC(NC(=O)c1cc2ccccc2s1)C(=O)N1CCCCCC1c1ccc(C(C)(C)C)cc1. The molecule has 1 saturated heterocycles. The number of hydrogen-bond donors (Lipinski definition) is 1. The van der Waals surface area contributed by atoms with E-state index in [0.717, 1.165) is 42.3 Å². The van der Waals surface area contributed by atoms with E-state index in [-0.39, 0.29) is 29.2 Å². The maximum absolute atomic E-state index is 14.1. The van der Waals surface area contributed by atoms with Crippen molar-refractivity contribution in [2.75, 3.05) is 6.54 Å². The topological polar surface area (TPSA) is 49.4 Å². The molecule has 2 atom stereocenters. The van der Waals surface area contributed by atoms with Gasteiger partial charge in [0.05, 0.1) is 10.9 Å². The van der Waals surface area contributed by atoms with Gasteiger partial charge < -0.3 is 10.2 Å². The molecular weight excluding hydrogens is 464 g/mol. The van der Waals surface area contributed by atoms with Gasteiger partial charge in [0.2, 0.25) is 5.91 Å². The summed E-state index contributed by atoms with van der Waals surface area (Å²) in [6, 6.07) is 18.3. The van der Waals surface area contributed by atoms with Gasteiger partial charge in [-0.15, -0.1) is 11.3 Å². The molecule has 1 fully saturated rings. The summed E-state index contributed by atoms with van der Waals surface area (Å²) < 4.78 is 1.08. The molecule has 0 saturated carbocycles. The van der Waals surface area contributed by atoms with Gasteiger partial charge in [0, 0.05) is 11.2 Å². The Morgan fingerprint density at radius 3 is 2.42 bits per heavy atom. The summed E-state index contributed by atoms with van der Waals surface area (Å²) in [5.41, 5.74) is 2.58. The van der Waals surface area contributed by atoms with E-state index >= 15 is 0 Å². The fourth-order valence-electron chi connectivity index (χ4n) is 5.14. The summed E-state index contributed by atoms with van der Waals surface area (Å²) in [5.74, 6) is 0.180. The Hall–Kier alpha value is -2.66. The van der Waals surface area contributed by atoms with Gasteiger partial charge in [-0.25, -0.2) is 0 Å². The number of carbonyl (C=O) groups excluding carboxylic acids is 2. The molecule has 36 heavy (non-hydrogen) atoms. The Balaban J connectivity index is 1.58. The third-order valence-corrected chi connectivity index (χ3v) is 8.27. The van der Waals surface area contributed by atoms with Crippen LogP contribution in [-0.2, 0) is 10.2 Å². The Labute approximate surface area is 220 Å². The summed E-state index contributed by atoms with van der Waals surface area (Å²) in [4.78, 5) is 30.0. The van der Waals surface area contributed by atoms with Crippen LogP contribution in [0.5, 0.6) is 0 Å². The van der Waals surface area contributed by atoms with Gasteiger partial charge in [-0.1, -0.05) is 89.9 Å². The van der Waals surface area contributed by atoms with Crippen LogP contribution in [0.2, 0.25) is 0 Å². The second-order valence-electron chi connectivity index (χ2n) is 11.6. The second-order valence-corrected chi connectivity index (χ2v) is 12.7. The van der Waals surface area contributed by atoms with Crippen LogP contribution in [0.4, 0.5) is 0 Å². The highest BCUT2D eigenvalue weighted by Gasteiger charge is 2.33. The molecule has 1 N–H and O–H groups in total. The van der Waals surface area contributed by atoms with Crippen molar-refractivity contribution >= 4 is 33.2 Å². The molecule has 4 nitrogen and oxygen atoms in total. The smallest absolute Gasteiger partial charge is 0.262 e. The minimum absolute atomic E-state index is 0.0462. The van der Waals surface area contributed by atoms with E-state index in [4.69, 9.17) is 0 Å². The van der Waals surface area contributed by atoms with Gasteiger partial charge >= 0.3 is 0 Å². The third kappa shape index (κ3) is 6.18. The maximum Gasteiger partial charge on any atom is 0.262 e. The number of fused-ring (bicyclic) bond motifs is 1. The Bertz CT molecular complexity index is 1160. The standard InChI is InChI=1S/C31H40N2O2S/c1-21(2)19-25(32-29(34)28-20-23-11-8-9-13-27(23)36-28)30(35)33-18-10-6-7-12-26(33)22-14-16-24(17-15-22)31(3,4)5/h8-9,11,13-17,20-21,25-26H,6-7,10,12,18-19H2,1-5H3,(H,32,34).